The second-order valence-electron chi connectivity index (χ2n) is 5.49. The Kier molecular flexibility index (Phi) is 8.21. The number of carbonyl (C=O) groups is 3. The van der Waals surface area contributed by atoms with Crippen LogP contribution in [0.3, 0.4) is 0 Å². The number of para-hydroxylation sites is 1. The molecule has 0 unspecified atom stereocenters. The average molecular weight is 421 g/mol. The van der Waals surface area contributed by atoms with Gasteiger partial charge >= 0.3 is 11.9 Å². The van der Waals surface area contributed by atoms with Gasteiger partial charge in [0.15, 0.2) is 6.61 Å². The van der Waals surface area contributed by atoms with E-state index < -0.39 is 11.9 Å². The second kappa shape index (κ2) is 10.6. The van der Waals surface area contributed by atoms with E-state index in [1.165, 1.54) is 4.90 Å². The number of hydrogen-bond donors (Lipinski definition) is 1. The van der Waals surface area contributed by atoms with Crippen molar-refractivity contribution in [2.75, 3.05) is 19.8 Å². The normalized spacial score (nSPS) is 15.5. The third kappa shape index (κ3) is 6.21. The fourth-order valence-electron chi connectivity index (χ4n) is 2.24. The molecule has 0 spiro atoms. The number of thiocarbonyl (C=S) groups is 1. The Hall–Kier alpha value is -2.65. The Bertz CT molecular complexity index is 833. The summed E-state index contributed by atoms with van der Waals surface area (Å²) in [4.78, 5) is 36.1. The van der Waals surface area contributed by atoms with Crippen LogP contribution < -0.4 is 4.74 Å². The molecule has 1 aromatic carbocycles. The Morgan fingerprint density at radius 3 is 2.79 bits per heavy atom. The van der Waals surface area contributed by atoms with Gasteiger partial charge in [-0.25, -0.2) is 4.79 Å². The molecule has 0 aliphatic carbocycles. The molecule has 0 saturated carbocycles. The predicted octanol–water partition coefficient (Wildman–Crippen LogP) is 2.86. The van der Waals surface area contributed by atoms with Crippen LogP contribution in [0.2, 0.25) is 0 Å². The molecule has 148 valence electrons. The number of thioether (sulfide) groups is 1. The van der Waals surface area contributed by atoms with Crippen LogP contribution in [-0.2, 0) is 19.1 Å². The maximum atomic E-state index is 12.3. The number of carbonyl (C=O) groups excluding carboxylic acids is 2. The van der Waals surface area contributed by atoms with Crippen molar-refractivity contribution >= 4 is 52.2 Å². The molecule has 1 heterocycles. The zero-order valence-electron chi connectivity index (χ0n) is 15.1. The Balaban J connectivity index is 2.04. The standard InChI is InChI=1S/C19H19NO6S2/c1-2-25-17(23)12-26-14-8-4-3-6-13(14)7-5-9-15-18(24)20(19(27)28-15)11-10-16(21)22/h3-9H,2,10-12H2,1H3,(H,21,22). The van der Waals surface area contributed by atoms with E-state index >= 15 is 0 Å². The summed E-state index contributed by atoms with van der Waals surface area (Å²) in [6.07, 6.45) is 4.86. The highest BCUT2D eigenvalue weighted by molar-refractivity contribution is 8.26. The summed E-state index contributed by atoms with van der Waals surface area (Å²) in [6, 6.07) is 7.14. The third-order valence-corrected chi connectivity index (χ3v) is 4.91. The lowest BCUT2D eigenvalue weighted by Gasteiger charge is -2.12. The first kappa shape index (κ1) is 21.6. The maximum absolute atomic E-state index is 12.3. The lowest BCUT2D eigenvalue weighted by molar-refractivity contribution is -0.145. The van der Waals surface area contributed by atoms with E-state index in [9.17, 15) is 14.4 Å². The van der Waals surface area contributed by atoms with Crippen molar-refractivity contribution in [2.24, 2.45) is 0 Å². The molecule has 1 saturated heterocycles. The zero-order valence-corrected chi connectivity index (χ0v) is 16.8. The molecule has 0 bridgehead atoms. The van der Waals surface area contributed by atoms with Crippen molar-refractivity contribution < 1.29 is 29.0 Å². The summed E-state index contributed by atoms with van der Waals surface area (Å²) in [7, 11) is 0. The van der Waals surface area contributed by atoms with Gasteiger partial charge in [0.2, 0.25) is 0 Å². The van der Waals surface area contributed by atoms with Crippen LogP contribution in [0.1, 0.15) is 18.9 Å². The summed E-state index contributed by atoms with van der Waals surface area (Å²) < 4.78 is 10.7. The van der Waals surface area contributed by atoms with Gasteiger partial charge in [-0.2, -0.15) is 0 Å². The summed E-state index contributed by atoms with van der Waals surface area (Å²) >= 11 is 6.26. The van der Waals surface area contributed by atoms with E-state index in [4.69, 9.17) is 26.8 Å². The molecule has 1 N–H and O–H groups in total. The molecule has 2 rings (SSSR count). The molecule has 0 radical (unpaired) electrons. The van der Waals surface area contributed by atoms with E-state index in [-0.39, 0.29) is 32.1 Å². The first-order valence-corrected chi connectivity index (χ1v) is 9.66. The Morgan fingerprint density at radius 1 is 1.32 bits per heavy atom. The number of nitrogens with zero attached hydrogens (tertiary/aromatic N) is 1. The van der Waals surface area contributed by atoms with E-state index in [1.807, 2.05) is 12.1 Å². The van der Waals surface area contributed by atoms with Crippen LogP contribution in [0.15, 0.2) is 41.3 Å². The number of rotatable bonds is 9. The fourth-order valence-corrected chi connectivity index (χ4v) is 3.50. The number of carboxylic acids is 1. The smallest absolute Gasteiger partial charge is 0.344 e. The van der Waals surface area contributed by atoms with Crippen LogP contribution in [-0.4, -0.2) is 51.9 Å². The number of aliphatic carboxylic acids is 1. The molecular formula is C19H19NO6S2. The monoisotopic (exact) mass is 421 g/mol. The van der Waals surface area contributed by atoms with Gasteiger partial charge in [-0.05, 0) is 19.1 Å². The van der Waals surface area contributed by atoms with Crippen LogP contribution in [0.4, 0.5) is 0 Å². The Labute approximate surface area is 172 Å². The molecule has 1 fully saturated rings. The lowest BCUT2D eigenvalue weighted by atomic mass is 10.2. The van der Waals surface area contributed by atoms with Crippen LogP contribution in [0.5, 0.6) is 5.75 Å². The number of allylic oxidation sites excluding steroid dienone is 2. The molecule has 1 aliphatic heterocycles. The summed E-state index contributed by atoms with van der Waals surface area (Å²) in [5.41, 5.74) is 0.726. The number of amides is 1. The van der Waals surface area contributed by atoms with Crippen LogP contribution >= 0.6 is 24.0 Å². The summed E-state index contributed by atoms with van der Waals surface area (Å²) in [6.45, 7) is 1.86. The fraction of sp³-hybridized carbons (Fsp3) is 0.263. The van der Waals surface area contributed by atoms with Crippen LogP contribution in [0.25, 0.3) is 6.08 Å². The summed E-state index contributed by atoms with van der Waals surface area (Å²) in [5, 5.41) is 8.76. The molecule has 0 atom stereocenters. The molecule has 7 nitrogen and oxygen atoms in total. The van der Waals surface area contributed by atoms with Crippen molar-refractivity contribution in [3.8, 4) is 5.75 Å². The third-order valence-electron chi connectivity index (χ3n) is 3.52. The first-order chi connectivity index (χ1) is 13.4. The van der Waals surface area contributed by atoms with Gasteiger partial charge in [0.25, 0.3) is 5.91 Å². The molecule has 0 aromatic heterocycles. The lowest BCUT2D eigenvalue weighted by Crippen LogP contribution is -2.30. The van der Waals surface area contributed by atoms with Crippen molar-refractivity contribution in [1.29, 1.82) is 0 Å². The minimum Gasteiger partial charge on any atom is -0.481 e. The van der Waals surface area contributed by atoms with Crippen molar-refractivity contribution in [1.82, 2.24) is 4.90 Å². The summed E-state index contributed by atoms with van der Waals surface area (Å²) in [5.74, 6) is -1.24. The topological polar surface area (TPSA) is 93.1 Å². The quantitative estimate of drug-likeness (QED) is 0.370. The average Bonchev–Trinajstić information content (AvgIpc) is 2.92. The van der Waals surface area contributed by atoms with Gasteiger partial charge in [-0.15, -0.1) is 0 Å². The minimum absolute atomic E-state index is 0.0472. The maximum Gasteiger partial charge on any atom is 0.344 e. The molecule has 28 heavy (non-hydrogen) atoms. The molecule has 1 amide bonds. The van der Waals surface area contributed by atoms with Gasteiger partial charge in [-0.3, -0.25) is 14.5 Å². The van der Waals surface area contributed by atoms with E-state index in [1.54, 1.807) is 37.3 Å². The van der Waals surface area contributed by atoms with Crippen molar-refractivity contribution in [3.05, 3.63) is 46.9 Å². The molecule has 1 aromatic rings. The highest BCUT2D eigenvalue weighted by Gasteiger charge is 2.31. The molecule has 9 heteroatoms. The van der Waals surface area contributed by atoms with Gasteiger partial charge in [-0.1, -0.05) is 54.3 Å². The number of benzene rings is 1. The van der Waals surface area contributed by atoms with Crippen molar-refractivity contribution in [2.45, 2.75) is 13.3 Å². The highest BCUT2D eigenvalue weighted by atomic mass is 32.2. The van der Waals surface area contributed by atoms with Crippen molar-refractivity contribution in [3.63, 3.8) is 0 Å². The van der Waals surface area contributed by atoms with Gasteiger partial charge < -0.3 is 14.6 Å². The SMILES string of the molecule is CCOC(=O)COc1ccccc1C=CC=C1SC(=S)N(CCC(=O)O)C1=O. The zero-order chi connectivity index (χ0) is 20.5. The van der Waals surface area contributed by atoms with Crippen LogP contribution in [0, 0.1) is 0 Å². The number of esters is 1. The number of carboxylic acid groups (broad SMARTS) is 1. The van der Waals surface area contributed by atoms with Gasteiger partial charge in [0.1, 0.15) is 10.1 Å². The molecule has 1 aliphatic rings. The minimum atomic E-state index is -0.989. The molecular weight excluding hydrogens is 402 g/mol. The highest BCUT2D eigenvalue weighted by Crippen LogP contribution is 2.31. The number of hydrogen-bond acceptors (Lipinski definition) is 7. The van der Waals surface area contributed by atoms with E-state index in [0.29, 0.717) is 15.0 Å². The second-order valence-corrected chi connectivity index (χ2v) is 7.17. The Morgan fingerprint density at radius 2 is 2.07 bits per heavy atom. The first-order valence-electron chi connectivity index (χ1n) is 8.43. The van der Waals surface area contributed by atoms with Gasteiger partial charge in [0.05, 0.1) is 17.9 Å². The largest absolute Gasteiger partial charge is 0.481 e. The van der Waals surface area contributed by atoms with E-state index in [0.717, 1.165) is 17.3 Å². The number of ether oxygens (including phenoxy) is 2. The van der Waals surface area contributed by atoms with E-state index in [2.05, 4.69) is 0 Å². The van der Waals surface area contributed by atoms with Gasteiger partial charge in [0, 0.05) is 12.1 Å². The predicted molar refractivity (Wildman–Crippen MR) is 110 cm³/mol.